The highest BCUT2D eigenvalue weighted by Crippen LogP contribution is 2.21. The Bertz CT molecular complexity index is 847. The van der Waals surface area contributed by atoms with E-state index in [0.29, 0.717) is 10.7 Å². The maximum absolute atomic E-state index is 12.1. The van der Waals surface area contributed by atoms with E-state index >= 15 is 0 Å². The molecule has 5 heteroatoms. The zero-order valence-electron chi connectivity index (χ0n) is 11.3. The van der Waals surface area contributed by atoms with Gasteiger partial charge in [-0.2, -0.15) is 0 Å². The summed E-state index contributed by atoms with van der Waals surface area (Å²) in [5.41, 5.74) is 3.00. The molecule has 0 aliphatic carbocycles. The third kappa shape index (κ3) is 2.58. The number of aromatic hydroxyl groups is 1. The highest BCUT2D eigenvalue weighted by molar-refractivity contribution is 6.31. The first-order valence-corrected chi connectivity index (χ1v) is 6.80. The molecule has 1 aromatic heterocycles. The van der Waals surface area contributed by atoms with Crippen LogP contribution in [0.4, 0.5) is 0 Å². The van der Waals surface area contributed by atoms with E-state index in [1.165, 1.54) is 10.7 Å². The molecule has 3 aromatic rings. The number of hydrogen-bond acceptors (Lipinski definition) is 2. The number of phenols is 1. The molecule has 0 saturated carbocycles. The third-order valence-corrected chi connectivity index (χ3v) is 3.72. The highest BCUT2D eigenvalue weighted by Gasteiger charge is 2.08. The van der Waals surface area contributed by atoms with Gasteiger partial charge in [0.25, 0.3) is 5.56 Å². The van der Waals surface area contributed by atoms with Crippen molar-refractivity contribution < 1.29 is 5.11 Å². The van der Waals surface area contributed by atoms with Crippen LogP contribution in [0, 0.1) is 6.92 Å². The zero-order valence-corrected chi connectivity index (χ0v) is 12.1. The summed E-state index contributed by atoms with van der Waals surface area (Å²) in [6.45, 7) is 1.89. The molecule has 0 spiro atoms. The van der Waals surface area contributed by atoms with Gasteiger partial charge in [0.1, 0.15) is 5.75 Å². The average Bonchev–Trinajstić information content (AvgIpc) is 2.85. The molecule has 0 fully saturated rings. The molecule has 21 heavy (non-hydrogen) atoms. The summed E-state index contributed by atoms with van der Waals surface area (Å²) >= 11 is 6.00. The van der Waals surface area contributed by atoms with Gasteiger partial charge in [0.05, 0.1) is 11.4 Å². The number of benzene rings is 2. The summed E-state index contributed by atoms with van der Waals surface area (Å²) in [4.78, 5) is 12.1. The average molecular weight is 301 g/mol. The van der Waals surface area contributed by atoms with E-state index in [2.05, 4.69) is 5.10 Å². The SMILES string of the molecule is Cc1cc(-n2[nH]c(-c3ccc(O)cc3)cc2=O)ccc1Cl. The predicted molar refractivity (Wildman–Crippen MR) is 83.2 cm³/mol. The number of nitrogens with one attached hydrogen (secondary N) is 1. The number of aromatic amines is 1. The van der Waals surface area contributed by atoms with Crippen LogP contribution in [0.15, 0.2) is 53.3 Å². The topological polar surface area (TPSA) is 58.0 Å². The molecule has 0 unspecified atom stereocenters. The van der Waals surface area contributed by atoms with Gasteiger partial charge in [0.2, 0.25) is 0 Å². The number of halogens is 1. The lowest BCUT2D eigenvalue weighted by molar-refractivity contribution is 0.475. The molecular formula is C16H13ClN2O2. The smallest absolute Gasteiger partial charge is 0.271 e. The Morgan fingerprint density at radius 3 is 2.48 bits per heavy atom. The van der Waals surface area contributed by atoms with Crippen molar-refractivity contribution in [1.29, 1.82) is 0 Å². The molecule has 2 N–H and O–H groups in total. The van der Waals surface area contributed by atoms with Crippen molar-refractivity contribution in [2.45, 2.75) is 6.92 Å². The first kappa shape index (κ1) is 13.5. The van der Waals surface area contributed by atoms with Gasteiger partial charge in [-0.25, -0.2) is 4.68 Å². The van der Waals surface area contributed by atoms with Crippen molar-refractivity contribution in [1.82, 2.24) is 9.78 Å². The lowest BCUT2D eigenvalue weighted by Gasteiger charge is -2.05. The van der Waals surface area contributed by atoms with Crippen LogP contribution in [0.2, 0.25) is 5.02 Å². The number of rotatable bonds is 2. The van der Waals surface area contributed by atoms with E-state index in [0.717, 1.165) is 16.8 Å². The molecule has 1 heterocycles. The lowest BCUT2D eigenvalue weighted by atomic mass is 10.1. The van der Waals surface area contributed by atoms with Crippen LogP contribution in [0.25, 0.3) is 16.9 Å². The Hall–Kier alpha value is -2.46. The van der Waals surface area contributed by atoms with Crippen LogP contribution in [-0.2, 0) is 0 Å². The fourth-order valence-corrected chi connectivity index (χ4v) is 2.26. The molecular weight excluding hydrogens is 288 g/mol. The van der Waals surface area contributed by atoms with Crippen molar-refractivity contribution in [2.75, 3.05) is 0 Å². The first-order valence-electron chi connectivity index (χ1n) is 6.42. The second-order valence-electron chi connectivity index (χ2n) is 4.82. The van der Waals surface area contributed by atoms with Gasteiger partial charge >= 0.3 is 0 Å². The highest BCUT2D eigenvalue weighted by atomic mass is 35.5. The fraction of sp³-hybridized carbons (Fsp3) is 0.0625. The van der Waals surface area contributed by atoms with E-state index in [1.54, 1.807) is 36.4 Å². The summed E-state index contributed by atoms with van der Waals surface area (Å²) in [6.07, 6.45) is 0. The van der Waals surface area contributed by atoms with Crippen LogP contribution < -0.4 is 5.56 Å². The van der Waals surface area contributed by atoms with E-state index in [-0.39, 0.29) is 11.3 Å². The minimum Gasteiger partial charge on any atom is -0.508 e. The molecule has 2 aromatic carbocycles. The van der Waals surface area contributed by atoms with Crippen molar-refractivity contribution in [3.05, 3.63) is 69.5 Å². The summed E-state index contributed by atoms with van der Waals surface area (Å²) in [6, 6.07) is 13.6. The molecule has 0 saturated heterocycles. The van der Waals surface area contributed by atoms with Gasteiger partial charge < -0.3 is 5.11 Å². The van der Waals surface area contributed by atoms with E-state index in [9.17, 15) is 9.90 Å². The van der Waals surface area contributed by atoms with E-state index in [1.807, 2.05) is 13.0 Å². The minimum atomic E-state index is -0.153. The van der Waals surface area contributed by atoms with Crippen molar-refractivity contribution in [3.63, 3.8) is 0 Å². The number of aromatic nitrogens is 2. The summed E-state index contributed by atoms with van der Waals surface area (Å²) in [5, 5.41) is 13.0. The number of H-pyrrole nitrogens is 1. The summed E-state index contributed by atoms with van der Waals surface area (Å²) < 4.78 is 1.46. The molecule has 0 bridgehead atoms. The maximum Gasteiger partial charge on any atom is 0.271 e. The molecule has 0 atom stereocenters. The van der Waals surface area contributed by atoms with Crippen LogP contribution in [0.1, 0.15) is 5.56 Å². The van der Waals surface area contributed by atoms with Crippen molar-refractivity contribution in [3.8, 4) is 22.7 Å². The predicted octanol–water partition coefficient (Wildman–Crippen LogP) is 3.50. The fourth-order valence-electron chi connectivity index (χ4n) is 2.14. The van der Waals surface area contributed by atoms with Gasteiger partial charge in [0.15, 0.2) is 0 Å². The zero-order chi connectivity index (χ0) is 15.0. The molecule has 0 radical (unpaired) electrons. The van der Waals surface area contributed by atoms with Gasteiger partial charge in [-0.3, -0.25) is 9.89 Å². The molecule has 106 valence electrons. The Morgan fingerprint density at radius 2 is 1.81 bits per heavy atom. The second-order valence-corrected chi connectivity index (χ2v) is 5.23. The third-order valence-electron chi connectivity index (χ3n) is 3.30. The van der Waals surface area contributed by atoms with Gasteiger partial charge in [-0.1, -0.05) is 11.6 Å². The second kappa shape index (κ2) is 5.14. The Kier molecular flexibility index (Phi) is 3.31. The van der Waals surface area contributed by atoms with E-state index < -0.39 is 0 Å². The molecule has 4 nitrogen and oxygen atoms in total. The van der Waals surface area contributed by atoms with Crippen LogP contribution in [0.5, 0.6) is 5.75 Å². The Morgan fingerprint density at radius 1 is 1.10 bits per heavy atom. The number of nitrogens with zero attached hydrogens (tertiary/aromatic N) is 1. The van der Waals surface area contributed by atoms with Crippen LogP contribution in [0.3, 0.4) is 0 Å². The van der Waals surface area contributed by atoms with Gasteiger partial charge in [-0.15, -0.1) is 0 Å². The molecule has 3 rings (SSSR count). The first-order chi connectivity index (χ1) is 10.0. The monoisotopic (exact) mass is 300 g/mol. The van der Waals surface area contributed by atoms with Crippen molar-refractivity contribution in [2.24, 2.45) is 0 Å². The Labute approximate surface area is 126 Å². The molecule has 0 aliphatic rings. The Balaban J connectivity index is 2.07. The van der Waals surface area contributed by atoms with Crippen molar-refractivity contribution >= 4 is 11.6 Å². The summed E-state index contributed by atoms with van der Waals surface area (Å²) in [5.74, 6) is 0.189. The largest absolute Gasteiger partial charge is 0.508 e. The minimum absolute atomic E-state index is 0.153. The van der Waals surface area contributed by atoms with E-state index in [4.69, 9.17) is 11.6 Å². The normalized spacial score (nSPS) is 10.8. The van der Waals surface area contributed by atoms with Crippen LogP contribution in [-0.4, -0.2) is 14.9 Å². The standard InChI is InChI=1S/C16H13ClN2O2/c1-10-8-12(4-7-14(10)17)19-16(21)9-15(18-19)11-2-5-13(20)6-3-11/h2-9,18,20H,1H3. The quantitative estimate of drug-likeness (QED) is 0.761. The lowest BCUT2D eigenvalue weighted by Crippen LogP contribution is -2.13. The van der Waals surface area contributed by atoms with Gasteiger partial charge in [-0.05, 0) is 60.5 Å². The summed E-state index contributed by atoms with van der Waals surface area (Å²) in [7, 11) is 0. The molecule has 0 amide bonds. The maximum atomic E-state index is 12.1. The number of hydrogen-bond donors (Lipinski definition) is 2. The molecule has 0 aliphatic heterocycles. The van der Waals surface area contributed by atoms with Crippen LogP contribution >= 0.6 is 11.6 Å². The number of aryl methyl sites for hydroxylation is 1. The number of phenolic OH excluding ortho intramolecular Hbond substituents is 1. The van der Waals surface area contributed by atoms with Gasteiger partial charge in [0, 0.05) is 11.1 Å².